The van der Waals surface area contributed by atoms with Crippen LogP contribution in [0.25, 0.3) is 10.2 Å². The van der Waals surface area contributed by atoms with Crippen LogP contribution in [0.4, 0.5) is 13.2 Å². The largest absolute Gasteiger partial charge is 0.433 e. The van der Waals surface area contributed by atoms with Gasteiger partial charge in [-0.3, -0.25) is 4.79 Å². The van der Waals surface area contributed by atoms with E-state index < -0.39 is 11.9 Å². The fourth-order valence-corrected chi connectivity index (χ4v) is 4.32. The zero-order chi connectivity index (χ0) is 18.2. The number of carbonyl (C=O) groups excluding carboxylic acids is 1. The molecule has 0 aromatic carbocycles. The third-order valence-corrected chi connectivity index (χ3v) is 5.68. The Hall–Kier alpha value is -1.38. The average molecular weight is 408 g/mol. The minimum Gasteiger partial charge on any atom is -0.334 e. The van der Waals surface area contributed by atoms with Crippen molar-refractivity contribution in [3.8, 4) is 0 Å². The van der Waals surface area contributed by atoms with Crippen LogP contribution in [0.15, 0.2) is 12.1 Å². The molecular formula is C17H21ClF3N3OS. The van der Waals surface area contributed by atoms with E-state index in [-0.39, 0.29) is 29.2 Å². The van der Waals surface area contributed by atoms with Gasteiger partial charge in [0.25, 0.3) is 5.91 Å². The van der Waals surface area contributed by atoms with E-state index in [1.165, 1.54) is 6.07 Å². The topological polar surface area (TPSA) is 45.2 Å². The Kier molecular flexibility index (Phi) is 6.52. The van der Waals surface area contributed by atoms with Crippen molar-refractivity contribution in [2.75, 3.05) is 19.6 Å². The van der Waals surface area contributed by atoms with Gasteiger partial charge in [0, 0.05) is 24.5 Å². The lowest BCUT2D eigenvalue weighted by Crippen LogP contribution is -2.42. The number of alkyl halides is 3. The van der Waals surface area contributed by atoms with Gasteiger partial charge in [-0.2, -0.15) is 13.2 Å². The molecule has 1 aliphatic rings. The van der Waals surface area contributed by atoms with Gasteiger partial charge in [0.2, 0.25) is 0 Å². The number of pyridine rings is 1. The lowest BCUT2D eigenvalue weighted by Gasteiger charge is -2.28. The normalized spacial score (nSPS) is 17.3. The molecule has 1 fully saturated rings. The minimum atomic E-state index is -4.49. The molecule has 3 rings (SSSR count). The maximum absolute atomic E-state index is 13.1. The summed E-state index contributed by atoms with van der Waals surface area (Å²) in [6, 6.07) is 2.52. The fraction of sp³-hybridized carbons (Fsp3) is 0.529. The molecule has 9 heteroatoms. The molecule has 0 saturated carbocycles. The highest BCUT2D eigenvalue weighted by Gasteiger charge is 2.34. The van der Waals surface area contributed by atoms with Crippen molar-refractivity contribution in [3.05, 3.63) is 28.3 Å². The van der Waals surface area contributed by atoms with E-state index in [1.54, 1.807) is 6.92 Å². The molecule has 2 aromatic heterocycles. The quantitative estimate of drug-likeness (QED) is 0.823. The SMILES string of the molecule is CCCN(C(=O)c1sc2nc(C(F)(F)F)ccc2c1C)C1CCNC1.Cl. The Balaban J connectivity index is 0.00000243. The predicted molar refractivity (Wildman–Crippen MR) is 99.2 cm³/mol. The van der Waals surface area contributed by atoms with E-state index in [0.29, 0.717) is 22.4 Å². The summed E-state index contributed by atoms with van der Waals surface area (Å²) in [5.74, 6) is -0.107. The van der Waals surface area contributed by atoms with Crippen LogP contribution in [-0.4, -0.2) is 41.5 Å². The van der Waals surface area contributed by atoms with Crippen molar-refractivity contribution in [1.29, 1.82) is 0 Å². The molecule has 144 valence electrons. The number of thiophene rings is 1. The van der Waals surface area contributed by atoms with Crippen LogP contribution < -0.4 is 5.32 Å². The lowest BCUT2D eigenvalue weighted by atomic mass is 10.1. The molecule has 3 heterocycles. The summed E-state index contributed by atoms with van der Waals surface area (Å²) in [6.45, 7) is 6.06. The summed E-state index contributed by atoms with van der Waals surface area (Å²) < 4.78 is 38.6. The number of aromatic nitrogens is 1. The maximum atomic E-state index is 13.1. The fourth-order valence-electron chi connectivity index (χ4n) is 3.19. The van der Waals surface area contributed by atoms with Crippen LogP contribution in [0, 0.1) is 6.92 Å². The van der Waals surface area contributed by atoms with Gasteiger partial charge in [-0.25, -0.2) is 4.98 Å². The zero-order valence-electron chi connectivity index (χ0n) is 14.5. The van der Waals surface area contributed by atoms with Crippen molar-refractivity contribution in [2.24, 2.45) is 0 Å². The molecule has 26 heavy (non-hydrogen) atoms. The Labute approximate surface area is 160 Å². The van der Waals surface area contributed by atoms with E-state index >= 15 is 0 Å². The molecule has 0 spiro atoms. The van der Waals surface area contributed by atoms with Gasteiger partial charge in [0.1, 0.15) is 10.5 Å². The number of rotatable bonds is 4. The number of hydrogen-bond acceptors (Lipinski definition) is 4. The Morgan fingerprint density at radius 1 is 1.42 bits per heavy atom. The molecule has 0 bridgehead atoms. The van der Waals surface area contributed by atoms with Crippen molar-refractivity contribution in [3.63, 3.8) is 0 Å². The van der Waals surface area contributed by atoms with Crippen molar-refractivity contribution in [2.45, 2.75) is 38.9 Å². The van der Waals surface area contributed by atoms with Crippen LogP contribution in [0.5, 0.6) is 0 Å². The summed E-state index contributed by atoms with van der Waals surface area (Å²) in [5.41, 5.74) is -0.219. The van der Waals surface area contributed by atoms with Crippen molar-refractivity contribution in [1.82, 2.24) is 15.2 Å². The standard InChI is InChI=1S/C17H20F3N3OS.ClH/c1-3-8-23(11-6-7-21-9-11)16(24)14-10(2)12-4-5-13(17(18,19)20)22-15(12)25-14;/h4-5,11,21H,3,6-9H2,1-2H3;1H. The first-order chi connectivity index (χ1) is 11.8. The molecule has 1 aliphatic heterocycles. The first-order valence-corrected chi connectivity index (χ1v) is 9.13. The summed E-state index contributed by atoms with van der Waals surface area (Å²) in [4.78, 5) is 19.4. The second-order valence-electron chi connectivity index (χ2n) is 6.25. The second kappa shape index (κ2) is 8.10. The molecule has 0 radical (unpaired) electrons. The van der Waals surface area contributed by atoms with Gasteiger partial charge in [0.05, 0.1) is 4.88 Å². The number of halogens is 4. The molecule has 1 amide bonds. The summed E-state index contributed by atoms with van der Waals surface area (Å²) >= 11 is 1.05. The van der Waals surface area contributed by atoms with Crippen LogP contribution >= 0.6 is 23.7 Å². The first-order valence-electron chi connectivity index (χ1n) is 8.32. The smallest absolute Gasteiger partial charge is 0.334 e. The first kappa shape index (κ1) is 20.9. The van der Waals surface area contributed by atoms with Gasteiger partial charge >= 0.3 is 6.18 Å². The highest BCUT2D eigenvalue weighted by atomic mass is 35.5. The van der Waals surface area contributed by atoms with Crippen LogP contribution in [0.3, 0.4) is 0 Å². The van der Waals surface area contributed by atoms with E-state index in [4.69, 9.17) is 0 Å². The van der Waals surface area contributed by atoms with E-state index in [1.807, 2.05) is 11.8 Å². The number of nitrogens with zero attached hydrogens (tertiary/aromatic N) is 2. The monoisotopic (exact) mass is 407 g/mol. The number of nitrogens with one attached hydrogen (secondary N) is 1. The van der Waals surface area contributed by atoms with Crippen LogP contribution in [0.1, 0.15) is 40.7 Å². The van der Waals surface area contributed by atoms with E-state index in [9.17, 15) is 18.0 Å². The molecule has 1 N–H and O–H groups in total. The molecule has 1 saturated heterocycles. The third kappa shape index (κ3) is 3.97. The average Bonchev–Trinajstić information content (AvgIpc) is 3.19. The number of aryl methyl sites for hydroxylation is 1. The highest BCUT2D eigenvalue weighted by Crippen LogP contribution is 2.35. The number of hydrogen-bond donors (Lipinski definition) is 1. The van der Waals surface area contributed by atoms with Crippen molar-refractivity contribution < 1.29 is 18.0 Å². The number of amides is 1. The van der Waals surface area contributed by atoms with Gasteiger partial charge in [-0.15, -0.1) is 23.7 Å². The zero-order valence-corrected chi connectivity index (χ0v) is 16.2. The summed E-state index contributed by atoms with van der Waals surface area (Å²) in [6.07, 6.45) is -2.76. The van der Waals surface area contributed by atoms with Gasteiger partial charge in [-0.1, -0.05) is 6.92 Å². The van der Waals surface area contributed by atoms with Gasteiger partial charge in [-0.05, 0) is 44.0 Å². The molecule has 4 nitrogen and oxygen atoms in total. The predicted octanol–water partition coefficient (Wildman–Crippen LogP) is 4.26. The molecule has 1 atom stereocenters. The molecule has 2 aromatic rings. The lowest BCUT2D eigenvalue weighted by molar-refractivity contribution is -0.140. The van der Waals surface area contributed by atoms with Crippen molar-refractivity contribution >= 4 is 39.9 Å². The number of carbonyl (C=O) groups is 1. The minimum absolute atomic E-state index is 0. The van der Waals surface area contributed by atoms with E-state index in [2.05, 4.69) is 10.3 Å². The van der Waals surface area contributed by atoms with E-state index in [0.717, 1.165) is 43.3 Å². The summed E-state index contributed by atoms with van der Waals surface area (Å²) in [7, 11) is 0. The van der Waals surface area contributed by atoms with Crippen LogP contribution in [-0.2, 0) is 6.18 Å². The van der Waals surface area contributed by atoms with Gasteiger partial charge < -0.3 is 10.2 Å². The molecule has 0 aliphatic carbocycles. The Bertz CT molecular complexity index is 787. The molecule has 1 unspecified atom stereocenters. The summed E-state index contributed by atoms with van der Waals surface area (Å²) in [5, 5.41) is 3.87. The highest BCUT2D eigenvalue weighted by molar-refractivity contribution is 7.20. The Morgan fingerprint density at radius 2 is 2.15 bits per heavy atom. The Morgan fingerprint density at radius 3 is 2.73 bits per heavy atom. The van der Waals surface area contributed by atoms with Crippen LogP contribution in [0.2, 0.25) is 0 Å². The number of fused-ring (bicyclic) bond motifs is 1. The second-order valence-corrected chi connectivity index (χ2v) is 7.25. The third-order valence-electron chi connectivity index (χ3n) is 4.49. The maximum Gasteiger partial charge on any atom is 0.433 e. The molecular weight excluding hydrogens is 387 g/mol. The van der Waals surface area contributed by atoms with Gasteiger partial charge in [0.15, 0.2) is 0 Å².